The molecule has 0 saturated carbocycles. The largest absolute Gasteiger partial charge is 0.358 e. The fourth-order valence-corrected chi connectivity index (χ4v) is 2.03. The SMILES string of the molecule is CC(CBr)C(C)NC(=O)c1ccc([N+](=O)[O-])n1C. The van der Waals surface area contributed by atoms with E-state index in [4.69, 9.17) is 0 Å². The summed E-state index contributed by atoms with van der Waals surface area (Å²) < 4.78 is 1.28. The second-order valence-corrected chi connectivity index (χ2v) is 4.93. The molecule has 18 heavy (non-hydrogen) atoms. The zero-order chi connectivity index (χ0) is 13.9. The number of halogens is 1. The molecule has 1 amide bonds. The van der Waals surface area contributed by atoms with E-state index >= 15 is 0 Å². The second kappa shape index (κ2) is 5.99. The van der Waals surface area contributed by atoms with Gasteiger partial charge in [-0.15, -0.1) is 0 Å². The van der Waals surface area contributed by atoms with Gasteiger partial charge in [0.15, 0.2) is 5.69 Å². The van der Waals surface area contributed by atoms with E-state index in [9.17, 15) is 14.9 Å². The lowest BCUT2D eigenvalue weighted by Crippen LogP contribution is -2.38. The van der Waals surface area contributed by atoms with E-state index < -0.39 is 4.92 Å². The summed E-state index contributed by atoms with van der Waals surface area (Å²) in [6, 6.07) is 2.78. The highest BCUT2D eigenvalue weighted by molar-refractivity contribution is 9.09. The molecule has 1 aromatic rings. The molecule has 1 rings (SSSR count). The molecule has 2 unspecified atom stereocenters. The van der Waals surface area contributed by atoms with Gasteiger partial charge in [0.25, 0.3) is 5.91 Å². The topological polar surface area (TPSA) is 77.2 Å². The molecular weight excluding hydrogens is 302 g/mol. The number of alkyl halides is 1. The van der Waals surface area contributed by atoms with Gasteiger partial charge >= 0.3 is 5.82 Å². The quantitative estimate of drug-likeness (QED) is 0.513. The molecule has 1 heterocycles. The fraction of sp³-hybridized carbons (Fsp3) is 0.545. The number of nitrogens with one attached hydrogen (secondary N) is 1. The molecule has 0 fully saturated rings. The summed E-state index contributed by atoms with van der Waals surface area (Å²) in [5.74, 6) is -0.114. The molecule has 0 saturated heterocycles. The Bertz CT molecular complexity index is 458. The Morgan fingerprint density at radius 1 is 1.56 bits per heavy atom. The Kier molecular flexibility index (Phi) is 4.89. The molecule has 1 N–H and O–H groups in total. The van der Waals surface area contributed by atoms with Crippen molar-refractivity contribution in [2.45, 2.75) is 19.9 Å². The van der Waals surface area contributed by atoms with Gasteiger partial charge in [-0.3, -0.25) is 4.79 Å². The van der Waals surface area contributed by atoms with Crippen molar-refractivity contribution >= 4 is 27.7 Å². The molecule has 7 heteroatoms. The lowest BCUT2D eigenvalue weighted by atomic mass is 10.1. The van der Waals surface area contributed by atoms with Gasteiger partial charge < -0.3 is 15.4 Å². The van der Waals surface area contributed by atoms with Crippen LogP contribution in [0, 0.1) is 16.0 Å². The minimum Gasteiger partial charge on any atom is -0.358 e. The van der Waals surface area contributed by atoms with Gasteiger partial charge in [-0.25, -0.2) is 4.57 Å². The van der Waals surface area contributed by atoms with E-state index in [1.807, 2.05) is 13.8 Å². The number of aromatic nitrogens is 1. The van der Waals surface area contributed by atoms with Gasteiger partial charge in [-0.1, -0.05) is 22.9 Å². The summed E-state index contributed by atoms with van der Waals surface area (Å²) in [5, 5.41) is 14.3. The van der Waals surface area contributed by atoms with E-state index in [2.05, 4.69) is 21.2 Å². The average molecular weight is 318 g/mol. The summed E-state index contributed by atoms with van der Waals surface area (Å²) in [7, 11) is 1.51. The van der Waals surface area contributed by atoms with E-state index in [0.29, 0.717) is 0 Å². The maximum Gasteiger partial charge on any atom is 0.323 e. The van der Waals surface area contributed by atoms with E-state index in [-0.39, 0.29) is 29.4 Å². The predicted molar refractivity (Wildman–Crippen MR) is 72.0 cm³/mol. The minimum absolute atomic E-state index is 0.00849. The van der Waals surface area contributed by atoms with Gasteiger partial charge in [-0.05, 0) is 23.8 Å². The second-order valence-electron chi connectivity index (χ2n) is 4.29. The van der Waals surface area contributed by atoms with Crippen molar-refractivity contribution in [1.82, 2.24) is 9.88 Å². The van der Waals surface area contributed by atoms with Crippen molar-refractivity contribution in [3.05, 3.63) is 27.9 Å². The molecular formula is C11H16BrN3O3. The van der Waals surface area contributed by atoms with Crippen LogP contribution in [0.15, 0.2) is 12.1 Å². The van der Waals surface area contributed by atoms with Crippen molar-refractivity contribution in [2.75, 3.05) is 5.33 Å². The third-order valence-corrected chi connectivity index (χ3v) is 3.99. The monoisotopic (exact) mass is 317 g/mol. The first-order chi connectivity index (χ1) is 8.38. The van der Waals surface area contributed by atoms with Crippen molar-refractivity contribution in [1.29, 1.82) is 0 Å². The molecule has 6 nitrogen and oxygen atoms in total. The first-order valence-electron chi connectivity index (χ1n) is 5.55. The molecule has 0 aromatic carbocycles. The molecule has 0 radical (unpaired) electrons. The molecule has 0 aliphatic carbocycles. The molecule has 0 aliphatic rings. The van der Waals surface area contributed by atoms with E-state index in [1.54, 1.807) is 0 Å². The number of amides is 1. The number of nitrogens with zero attached hydrogens (tertiary/aromatic N) is 2. The Morgan fingerprint density at radius 3 is 2.61 bits per heavy atom. The molecule has 2 atom stereocenters. The van der Waals surface area contributed by atoms with Gasteiger partial charge in [0.2, 0.25) is 0 Å². The Morgan fingerprint density at radius 2 is 2.17 bits per heavy atom. The van der Waals surface area contributed by atoms with Crippen LogP contribution >= 0.6 is 15.9 Å². The number of carbonyl (C=O) groups is 1. The number of nitro groups is 1. The highest BCUT2D eigenvalue weighted by Gasteiger charge is 2.22. The molecule has 0 spiro atoms. The van der Waals surface area contributed by atoms with Gasteiger partial charge in [0.05, 0.1) is 7.05 Å². The van der Waals surface area contributed by atoms with Crippen molar-refractivity contribution in [2.24, 2.45) is 13.0 Å². The lowest BCUT2D eigenvalue weighted by molar-refractivity contribution is -0.391. The Hall–Kier alpha value is -1.37. The van der Waals surface area contributed by atoms with Crippen LogP contribution in [0.3, 0.4) is 0 Å². The number of hydrogen-bond acceptors (Lipinski definition) is 3. The summed E-state index contributed by atoms with van der Waals surface area (Å²) >= 11 is 3.35. The van der Waals surface area contributed by atoms with Gasteiger partial charge in [0.1, 0.15) is 0 Å². The Labute approximate surface area is 114 Å². The Balaban J connectivity index is 2.82. The van der Waals surface area contributed by atoms with Crippen molar-refractivity contribution < 1.29 is 9.72 Å². The predicted octanol–water partition coefficient (Wildman–Crippen LogP) is 2.08. The standard InChI is InChI=1S/C11H16BrN3O3/c1-7(6-12)8(2)13-11(16)9-4-5-10(14(9)3)15(17)18/h4-5,7-8H,6H2,1-3H3,(H,13,16). The van der Waals surface area contributed by atoms with Crippen LogP contribution in [0.25, 0.3) is 0 Å². The molecule has 1 aromatic heterocycles. The van der Waals surface area contributed by atoms with E-state index in [1.165, 1.54) is 23.7 Å². The molecule has 0 aliphatic heterocycles. The van der Waals surface area contributed by atoms with Crippen molar-refractivity contribution in [3.8, 4) is 0 Å². The lowest BCUT2D eigenvalue weighted by Gasteiger charge is -2.18. The summed E-state index contributed by atoms with van der Waals surface area (Å²) in [6.45, 7) is 3.91. The van der Waals surface area contributed by atoms with Gasteiger partial charge in [-0.2, -0.15) is 0 Å². The zero-order valence-electron chi connectivity index (χ0n) is 10.5. The van der Waals surface area contributed by atoms with Crippen LogP contribution in [0.1, 0.15) is 24.3 Å². The van der Waals surface area contributed by atoms with Crippen molar-refractivity contribution in [3.63, 3.8) is 0 Å². The number of hydrogen-bond donors (Lipinski definition) is 1. The van der Waals surface area contributed by atoms with Gasteiger partial charge in [0, 0.05) is 17.4 Å². The minimum atomic E-state index is -0.513. The highest BCUT2D eigenvalue weighted by Crippen LogP contribution is 2.15. The maximum atomic E-state index is 12.0. The van der Waals surface area contributed by atoms with E-state index in [0.717, 1.165) is 5.33 Å². The molecule has 0 bridgehead atoms. The first-order valence-corrected chi connectivity index (χ1v) is 6.67. The maximum absolute atomic E-state index is 12.0. The smallest absolute Gasteiger partial charge is 0.323 e. The van der Waals surface area contributed by atoms with Crippen LogP contribution in [0.4, 0.5) is 5.82 Å². The summed E-state index contributed by atoms with van der Waals surface area (Å²) in [4.78, 5) is 22.1. The normalized spacial score (nSPS) is 14.0. The summed E-state index contributed by atoms with van der Waals surface area (Å²) in [5.41, 5.74) is 0.287. The van der Waals surface area contributed by atoms with Crippen LogP contribution < -0.4 is 5.32 Å². The molecule has 100 valence electrons. The third-order valence-electron chi connectivity index (χ3n) is 2.97. The number of rotatable bonds is 5. The first kappa shape index (κ1) is 14.7. The zero-order valence-corrected chi connectivity index (χ0v) is 12.1. The van der Waals surface area contributed by atoms with Crippen LogP contribution in [-0.2, 0) is 7.05 Å². The third kappa shape index (κ3) is 3.10. The van der Waals surface area contributed by atoms with Crippen LogP contribution in [0.2, 0.25) is 0 Å². The summed E-state index contributed by atoms with van der Waals surface area (Å²) in [6.07, 6.45) is 0. The van der Waals surface area contributed by atoms with Crippen LogP contribution in [0.5, 0.6) is 0 Å². The number of carbonyl (C=O) groups excluding carboxylic acids is 1. The van der Waals surface area contributed by atoms with Crippen LogP contribution in [-0.4, -0.2) is 26.8 Å². The average Bonchev–Trinajstić information content (AvgIpc) is 2.69. The highest BCUT2D eigenvalue weighted by atomic mass is 79.9. The fourth-order valence-electron chi connectivity index (χ4n) is 1.47.